The normalized spacial score (nSPS) is 17.0. The fourth-order valence-electron chi connectivity index (χ4n) is 1.72. The van der Waals surface area contributed by atoms with Crippen molar-refractivity contribution in [2.24, 2.45) is 0 Å². The Morgan fingerprint density at radius 2 is 2.06 bits per heavy atom. The fourth-order valence-corrected chi connectivity index (χ4v) is 3.52. The van der Waals surface area contributed by atoms with Crippen LogP contribution in [0.2, 0.25) is 0 Å². The van der Waals surface area contributed by atoms with E-state index in [2.05, 4.69) is 15.9 Å². The minimum absolute atomic E-state index is 0.197. The third kappa shape index (κ3) is 2.43. The van der Waals surface area contributed by atoms with E-state index in [1.807, 2.05) is 6.08 Å². The van der Waals surface area contributed by atoms with Gasteiger partial charge in [0, 0.05) is 23.2 Å². The molecule has 0 atom stereocenters. The van der Waals surface area contributed by atoms with Crippen molar-refractivity contribution in [3.05, 3.63) is 34.6 Å². The highest BCUT2D eigenvalue weighted by molar-refractivity contribution is 9.10. The summed E-state index contributed by atoms with van der Waals surface area (Å²) < 4.78 is 39.9. The molecule has 1 heterocycles. The average molecular weight is 335 g/mol. The Morgan fingerprint density at radius 3 is 2.67 bits per heavy atom. The first-order valence-corrected chi connectivity index (χ1v) is 7.56. The van der Waals surface area contributed by atoms with Crippen LogP contribution in [0.1, 0.15) is 6.42 Å². The molecule has 4 nitrogen and oxygen atoms in total. The summed E-state index contributed by atoms with van der Waals surface area (Å²) in [5.41, 5.74) is 5.80. The molecule has 2 rings (SSSR count). The van der Waals surface area contributed by atoms with Crippen LogP contribution in [0.15, 0.2) is 33.7 Å². The van der Waals surface area contributed by atoms with Crippen LogP contribution < -0.4 is 5.73 Å². The number of hydrogen-bond donors (Lipinski definition) is 1. The van der Waals surface area contributed by atoms with Crippen LogP contribution in [0.5, 0.6) is 0 Å². The van der Waals surface area contributed by atoms with Crippen molar-refractivity contribution < 1.29 is 12.8 Å². The molecule has 1 aliphatic rings. The zero-order chi connectivity index (χ0) is 13.3. The molecule has 1 aromatic rings. The molecule has 18 heavy (non-hydrogen) atoms. The molecule has 0 saturated carbocycles. The zero-order valence-corrected chi connectivity index (χ0v) is 11.8. The van der Waals surface area contributed by atoms with E-state index in [4.69, 9.17) is 5.73 Å². The summed E-state index contributed by atoms with van der Waals surface area (Å²) in [5.74, 6) is -0.800. The third-order valence-corrected chi connectivity index (χ3v) is 5.26. The lowest BCUT2D eigenvalue weighted by Gasteiger charge is -2.23. The van der Waals surface area contributed by atoms with Gasteiger partial charge in [-0.2, -0.15) is 4.31 Å². The van der Waals surface area contributed by atoms with Gasteiger partial charge in [-0.3, -0.25) is 0 Å². The lowest BCUT2D eigenvalue weighted by molar-refractivity contribution is 0.433. The number of nitrogens with zero attached hydrogens (tertiary/aromatic N) is 1. The first kappa shape index (κ1) is 13.5. The molecule has 1 aromatic carbocycles. The van der Waals surface area contributed by atoms with E-state index in [0.29, 0.717) is 17.4 Å². The molecule has 0 amide bonds. The van der Waals surface area contributed by atoms with E-state index in [1.165, 1.54) is 4.31 Å². The van der Waals surface area contributed by atoms with Crippen molar-refractivity contribution >= 4 is 31.6 Å². The predicted octanol–water partition coefficient (Wildman–Crippen LogP) is 2.12. The molecule has 98 valence electrons. The van der Waals surface area contributed by atoms with Crippen molar-refractivity contribution in [2.45, 2.75) is 11.3 Å². The molecular weight excluding hydrogens is 323 g/mol. The topological polar surface area (TPSA) is 63.4 Å². The molecule has 0 aliphatic carbocycles. The lowest BCUT2D eigenvalue weighted by Crippen LogP contribution is -2.34. The Bertz CT molecular complexity index is 601. The quantitative estimate of drug-likeness (QED) is 0.665. The Morgan fingerprint density at radius 1 is 1.33 bits per heavy atom. The molecule has 0 spiro atoms. The third-order valence-electron chi connectivity index (χ3n) is 2.69. The Kier molecular flexibility index (Phi) is 3.74. The van der Waals surface area contributed by atoms with Gasteiger partial charge >= 0.3 is 0 Å². The molecular formula is C11H12BrFN2O2S. The largest absolute Gasteiger partial charge is 0.398 e. The summed E-state index contributed by atoms with van der Waals surface area (Å²) in [5, 5.41) is 0. The first-order chi connectivity index (χ1) is 8.43. The summed E-state index contributed by atoms with van der Waals surface area (Å²) in [6.07, 6.45) is 4.28. The molecule has 2 N–H and O–H groups in total. The van der Waals surface area contributed by atoms with Crippen molar-refractivity contribution in [3.63, 3.8) is 0 Å². The average Bonchev–Trinajstić information content (AvgIpc) is 2.34. The van der Waals surface area contributed by atoms with Crippen molar-refractivity contribution in [2.75, 3.05) is 18.8 Å². The van der Waals surface area contributed by atoms with Crippen molar-refractivity contribution in [1.82, 2.24) is 4.31 Å². The van der Waals surface area contributed by atoms with E-state index < -0.39 is 15.8 Å². The van der Waals surface area contributed by atoms with Crippen LogP contribution in [-0.2, 0) is 10.0 Å². The maximum Gasteiger partial charge on any atom is 0.246 e. The number of benzene rings is 1. The van der Waals surface area contributed by atoms with Crippen molar-refractivity contribution in [3.8, 4) is 0 Å². The molecule has 0 fully saturated rings. The van der Waals surface area contributed by atoms with Gasteiger partial charge in [-0.1, -0.05) is 12.2 Å². The van der Waals surface area contributed by atoms with Gasteiger partial charge in [0.2, 0.25) is 10.0 Å². The Hall–Kier alpha value is -0.920. The standard InChI is InChI=1S/C11H12BrFN2O2S/c12-8-6-9(13)11(7-10(8)14)18(16,17)15-4-2-1-3-5-15/h1-2,6-7H,3-5,14H2. The highest BCUT2D eigenvalue weighted by Crippen LogP contribution is 2.28. The fraction of sp³-hybridized carbons (Fsp3) is 0.273. The minimum atomic E-state index is -3.83. The second-order valence-corrected chi connectivity index (χ2v) is 6.69. The molecule has 7 heteroatoms. The second-order valence-electron chi connectivity index (χ2n) is 3.93. The molecule has 0 saturated heterocycles. The number of anilines is 1. The highest BCUT2D eigenvalue weighted by atomic mass is 79.9. The number of hydrogen-bond acceptors (Lipinski definition) is 3. The monoisotopic (exact) mass is 334 g/mol. The number of nitrogen functional groups attached to an aromatic ring is 1. The number of rotatable bonds is 2. The summed E-state index contributed by atoms with van der Waals surface area (Å²) in [7, 11) is -3.83. The van der Waals surface area contributed by atoms with Crippen LogP contribution in [0, 0.1) is 5.82 Å². The smallest absolute Gasteiger partial charge is 0.246 e. The number of halogens is 2. The first-order valence-electron chi connectivity index (χ1n) is 5.32. The molecule has 0 radical (unpaired) electrons. The van der Waals surface area contributed by atoms with E-state index in [0.717, 1.165) is 12.1 Å². The van der Waals surface area contributed by atoms with Gasteiger partial charge in [-0.05, 0) is 34.5 Å². The van der Waals surface area contributed by atoms with Gasteiger partial charge < -0.3 is 5.73 Å². The maximum atomic E-state index is 13.8. The van der Waals surface area contributed by atoms with E-state index >= 15 is 0 Å². The maximum absolute atomic E-state index is 13.8. The van der Waals surface area contributed by atoms with Gasteiger partial charge in [0.1, 0.15) is 10.7 Å². The Balaban J connectivity index is 2.47. The van der Waals surface area contributed by atoms with Crippen molar-refractivity contribution in [1.29, 1.82) is 0 Å². The van der Waals surface area contributed by atoms with Crippen LogP contribution in [0.4, 0.5) is 10.1 Å². The number of sulfonamides is 1. The zero-order valence-electron chi connectivity index (χ0n) is 9.44. The van der Waals surface area contributed by atoms with Gasteiger partial charge in [0.05, 0.1) is 0 Å². The van der Waals surface area contributed by atoms with E-state index in [9.17, 15) is 12.8 Å². The summed E-state index contributed by atoms with van der Waals surface area (Å²) in [4.78, 5) is -0.376. The van der Waals surface area contributed by atoms with Gasteiger partial charge in [0.25, 0.3) is 0 Å². The van der Waals surface area contributed by atoms with Gasteiger partial charge in [-0.15, -0.1) is 0 Å². The van der Waals surface area contributed by atoms with Gasteiger partial charge in [-0.25, -0.2) is 12.8 Å². The number of nitrogens with two attached hydrogens (primary N) is 1. The second kappa shape index (κ2) is 4.99. The molecule has 1 aliphatic heterocycles. The Labute approximate surface area is 113 Å². The van der Waals surface area contributed by atoms with Crippen LogP contribution in [-0.4, -0.2) is 25.8 Å². The highest BCUT2D eigenvalue weighted by Gasteiger charge is 2.28. The predicted molar refractivity (Wildman–Crippen MR) is 71.0 cm³/mol. The SMILES string of the molecule is Nc1cc(S(=O)(=O)N2CC=CCC2)c(F)cc1Br. The molecule has 0 bridgehead atoms. The molecule has 0 unspecified atom stereocenters. The van der Waals surface area contributed by atoms with Gasteiger partial charge in [0.15, 0.2) is 0 Å². The summed E-state index contributed by atoms with van der Waals surface area (Å²) in [6, 6.07) is 2.22. The lowest BCUT2D eigenvalue weighted by atomic mass is 10.3. The van der Waals surface area contributed by atoms with Crippen LogP contribution in [0.25, 0.3) is 0 Å². The van der Waals surface area contributed by atoms with E-state index in [-0.39, 0.29) is 17.1 Å². The van der Waals surface area contributed by atoms with Crippen LogP contribution >= 0.6 is 15.9 Å². The van der Waals surface area contributed by atoms with E-state index in [1.54, 1.807) is 6.08 Å². The summed E-state index contributed by atoms with van der Waals surface area (Å²) in [6.45, 7) is 0.617. The molecule has 0 aromatic heterocycles. The minimum Gasteiger partial charge on any atom is -0.398 e. The summed E-state index contributed by atoms with van der Waals surface area (Å²) >= 11 is 3.06. The van der Waals surface area contributed by atoms with Crippen LogP contribution in [0.3, 0.4) is 0 Å².